The maximum atomic E-state index is 12.1. The van der Waals surface area contributed by atoms with Gasteiger partial charge in [0.25, 0.3) is 5.91 Å². The first-order valence-electron chi connectivity index (χ1n) is 8.61. The summed E-state index contributed by atoms with van der Waals surface area (Å²) in [5.41, 5.74) is 1.56. The summed E-state index contributed by atoms with van der Waals surface area (Å²) in [6, 6.07) is 12.7. The van der Waals surface area contributed by atoms with Gasteiger partial charge in [-0.3, -0.25) is 14.4 Å². The Balaban J connectivity index is 1.81. The Hall–Kier alpha value is -3.48. The molecule has 2 aromatic carbocycles. The number of amides is 1. The molecule has 1 atom stereocenters. The van der Waals surface area contributed by atoms with Crippen LogP contribution in [0.5, 0.6) is 5.75 Å². The predicted octanol–water partition coefficient (Wildman–Crippen LogP) is 3.04. The summed E-state index contributed by atoms with van der Waals surface area (Å²) < 4.78 is 10.3. The fourth-order valence-corrected chi connectivity index (χ4v) is 2.24. The van der Waals surface area contributed by atoms with Gasteiger partial charge in [-0.1, -0.05) is 0 Å². The highest BCUT2D eigenvalue weighted by atomic mass is 16.6. The molecule has 146 valence electrons. The van der Waals surface area contributed by atoms with Crippen molar-refractivity contribution in [3.8, 4) is 5.75 Å². The number of ether oxygens (including phenoxy) is 2. The van der Waals surface area contributed by atoms with Crippen LogP contribution in [-0.2, 0) is 14.3 Å². The molecule has 0 aliphatic heterocycles. The van der Waals surface area contributed by atoms with E-state index in [4.69, 9.17) is 9.47 Å². The van der Waals surface area contributed by atoms with E-state index in [0.717, 1.165) is 0 Å². The molecule has 0 spiro atoms. The zero-order valence-electron chi connectivity index (χ0n) is 15.9. The first kappa shape index (κ1) is 20.8. The van der Waals surface area contributed by atoms with E-state index in [9.17, 15) is 19.2 Å². The third-order valence-electron chi connectivity index (χ3n) is 3.85. The van der Waals surface area contributed by atoms with Crippen LogP contribution in [0.2, 0.25) is 0 Å². The predicted molar refractivity (Wildman–Crippen MR) is 103 cm³/mol. The lowest BCUT2D eigenvalue weighted by molar-refractivity contribution is -0.155. The Labute approximate surface area is 162 Å². The third kappa shape index (κ3) is 6.05. The van der Waals surface area contributed by atoms with Gasteiger partial charge < -0.3 is 14.8 Å². The number of ketones is 2. The highest BCUT2D eigenvalue weighted by molar-refractivity contribution is 5.97. The third-order valence-corrected chi connectivity index (χ3v) is 3.85. The molecule has 7 nitrogen and oxygen atoms in total. The van der Waals surface area contributed by atoms with Gasteiger partial charge in [0.15, 0.2) is 24.3 Å². The maximum Gasteiger partial charge on any atom is 0.344 e. The molecule has 0 fully saturated rings. The number of hydrogen-bond acceptors (Lipinski definition) is 6. The molecule has 2 rings (SSSR count). The lowest BCUT2D eigenvalue weighted by Gasteiger charge is -2.14. The second kappa shape index (κ2) is 9.45. The molecular weight excluding hydrogens is 362 g/mol. The fourth-order valence-electron chi connectivity index (χ4n) is 2.24. The van der Waals surface area contributed by atoms with Crippen molar-refractivity contribution in [3.63, 3.8) is 0 Å². The van der Waals surface area contributed by atoms with Crippen LogP contribution in [0.4, 0.5) is 5.69 Å². The van der Waals surface area contributed by atoms with Crippen molar-refractivity contribution in [1.29, 1.82) is 0 Å². The van der Waals surface area contributed by atoms with Crippen LogP contribution in [0, 0.1) is 0 Å². The molecule has 1 amide bonds. The average molecular weight is 383 g/mol. The fraction of sp³-hybridized carbons (Fsp3) is 0.238. The summed E-state index contributed by atoms with van der Waals surface area (Å²) in [5.74, 6) is -0.942. The van der Waals surface area contributed by atoms with Crippen molar-refractivity contribution in [2.45, 2.75) is 26.9 Å². The molecule has 0 aliphatic rings. The standard InChI is InChI=1S/C21H21NO6/c1-13(23)16-4-8-18(9-5-16)22-21(26)15(3)28-20(25)12-27-19-10-6-17(7-11-19)14(2)24/h4-11,15H,12H2,1-3H3,(H,22,26)/t15-/m1/s1. The number of carbonyl (C=O) groups excluding carboxylic acids is 4. The Kier molecular flexibility index (Phi) is 7.03. The summed E-state index contributed by atoms with van der Waals surface area (Å²) in [6.45, 7) is 3.98. The number of benzene rings is 2. The van der Waals surface area contributed by atoms with Gasteiger partial charge in [-0.15, -0.1) is 0 Å². The van der Waals surface area contributed by atoms with Gasteiger partial charge in [-0.2, -0.15) is 0 Å². The highest BCUT2D eigenvalue weighted by Crippen LogP contribution is 2.13. The SMILES string of the molecule is CC(=O)c1ccc(NC(=O)[C@@H](C)OC(=O)COc2ccc(C(C)=O)cc2)cc1. The topological polar surface area (TPSA) is 98.8 Å². The monoisotopic (exact) mass is 383 g/mol. The Morgan fingerprint density at radius 2 is 1.36 bits per heavy atom. The van der Waals surface area contributed by atoms with Crippen molar-refractivity contribution in [2.24, 2.45) is 0 Å². The van der Waals surface area contributed by atoms with Gasteiger partial charge in [-0.05, 0) is 69.3 Å². The van der Waals surface area contributed by atoms with Crippen LogP contribution in [0.3, 0.4) is 0 Å². The highest BCUT2D eigenvalue weighted by Gasteiger charge is 2.18. The molecule has 0 radical (unpaired) electrons. The molecule has 0 aliphatic carbocycles. The van der Waals surface area contributed by atoms with Gasteiger partial charge in [0, 0.05) is 16.8 Å². The lowest BCUT2D eigenvalue weighted by Crippen LogP contribution is -2.31. The zero-order chi connectivity index (χ0) is 20.7. The van der Waals surface area contributed by atoms with Crippen molar-refractivity contribution in [1.82, 2.24) is 0 Å². The number of Topliss-reactive ketones (excluding diaryl/α,β-unsaturated/α-hetero) is 2. The molecule has 0 saturated carbocycles. The summed E-state index contributed by atoms with van der Waals surface area (Å²) in [4.78, 5) is 46.4. The van der Waals surface area contributed by atoms with Crippen molar-refractivity contribution < 1.29 is 28.7 Å². The number of anilines is 1. The van der Waals surface area contributed by atoms with E-state index in [1.54, 1.807) is 48.5 Å². The van der Waals surface area contributed by atoms with Crippen LogP contribution < -0.4 is 10.1 Å². The number of carbonyl (C=O) groups is 4. The van der Waals surface area contributed by atoms with Crippen molar-refractivity contribution in [2.75, 3.05) is 11.9 Å². The second-order valence-corrected chi connectivity index (χ2v) is 6.12. The molecule has 0 heterocycles. The number of hydrogen-bond donors (Lipinski definition) is 1. The van der Waals surface area contributed by atoms with E-state index in [1.165, 1.54) is 20.8 Å². The summed E-state index contributed by atoms with van der Waals surface area (Å²) in [6.07, 6.45) is -1.02. The van der Waals surface area contributed by atoms with E-state index < -0.39 is 18.0 Å². The Morgan fingerprint density at radius 1 is 0.857 bits per heavy atom. The minimum Gasteiger partial charge on any atom is -0.482 e. The summed E-state index contributed by atoms with van der Waals surface area (Å²) in [7, 11) is 0. The van der Waals surface area contributed by atoms with Crippen LogP contribution in [0.15, 0.2) is 48.5 Å². The van der Waals surface area contributed by atoms with Crippen LogP contribution in [0.1, 0.15) is 41.5 Å². The summed E-state index contributed by atoms with van der Waals surface area (Å²) >= 11 is 0. The normalized spacial score (nSPS) is 11.2. The van der Waals surface area contributed by atoms with Crippen molar-refractivity contribution >= 4 is 29.1 Å². The molecule has 7 heteroatoms. The molecular formula is C21H21NO6. The molecule has 1 N–H and O–H groups in total. The van der Waals surface area contributed by atoms with Gasteiger partial charge >= 0.3 is 5.97 Å². The number of esters is 1. The molecule has 2 aromatic rings. The quantitative estimate of drug-likeness (QED) is 0.556. The van der Waals surface area contributed by atoms with E-state index in [0.29, 0.717) is 22.6 Å². The number of nitrogens with one attached hydrogen (secondary N) is 1. The zero-order valence-corrected chi connectivity index (χ0v) is 15.9. The van der Waals surface area contributed by atoms with E-state index in [2.05, 4.69) is 5.32 Å². The maximum absolute atomic E-state index is 12.1. The van der Waals surface area contributed by atoms with Gasteiger partial charge in [-0.25, -0.2) is 4.79 Å². The molecule has 0 bridgehead atoms. The van der Waals surface area contributed by atoms with Gasteiger partial charge in [0.2, 0.25) is 0 Å². The summed E-state index contributed by atoms with van der Waals surface area (Å²) in [5, 5.41) is 2.60. The van der Waals surface area contributed by atoms with Crippen LogP contribution in [0.25, 0.3) is 0 Å². The molecule has 0 saturated heterocycles. The van der Waals surface area contributed by atoms with Crippen LogP contribution in [-0.4, -0.2) is 36.2 Å². The Bertz CT molecular complexity index is 871. The second-order valence-electron chi connectivity index (χ2n) is 6.12. The van der Waals surface area contributed by atoms with Gasteiger partial charge in [0.1, 0.15) is 5.75 Å². The molecule has 28 heavy (non-hydrogen) atoms. The minimum atomic E-state index is -1.02. The lowest BCUT2D eigenvalue weighted by atomic mass is 10.1. The van der Waals surface area contributed by atoms with E-state index in [-0.39, 0.29) is 18.2 Å². The van der Waals surface area contributed by atoms with E-state index in [1.807, 2.05) is 0 Å². The smallest absolute Gasteiger partial charge is 0.344 e. The van der Waals surface area contributed by atoms with Crippen LogP contribution >= 0.6 is 0 Å². The number of rotatable bonds is 8. The van der Waals surface area contributed by atoms with Gasteiger partial charge in [0.05, 0.1) is 0 Å². The minimum absolute atomic E-state index is 0.0678. The first-order valence-corrected chi connectivity index (χ1v) is 8.61. The molecule has 0 aromatic heterocycles. The van der Waals surface area contributed by atoms with E-state index >= 15 is 0 Å². The molecule has 0 unspecified atom stereocenters. The largest absolute Gasteiger partial charge is 0.482 e. The first-order chi connectivity index (χ1) is 13.3. The average Bonchev–Trinajstić information content (AvgIpc) is 2.67. The van der Waals surface area contributed by atoms with Crippen molar-refractivity contribution in [3.05, 3.63) is 59.7 Å². The Morgan fingerprint density at radius 3 is 1.86 bits per heavy atom.